The summed E-state index contributed by atoms with van der Waals surface area (Å²) in [7, 11) is 1.66. The van der Waals surface area contributed by atoms with Gasteiger partial charge in [-0.3, -0.25) is 14.5 Å². The van der Waals surface area contributed by atoms with Crippen molar-refractivity contribution in [2.75, 3.05) is 30.4 Å². The van der Waals surface area contributed by atoms with Crippen molar-refractivity contribution in [1.29, 1.82) is 0 Å². The van der Waals surface area contributed by atoms with Crippen molar-refractivity contribution in [1.82, 2.24) is 15.2 Å². The van der Waals surface area contributed by atoms with Crippen LogP contribution < -0.4 is 20.3 Å². The Morgan fingerprint density at radius 1 is 1.12 bits per heavy atom. The Morgan fingerprint density at radius 3 is 2.52 bits per heavy atom. The van der Waals surface area contributed by atoms with E-state index >= 15 is 0 Å². The molecule has 4 amide bonds. The van der Waals surface area contributed by atoms with E-state index in [4.69, 9.17) is 4.74 Å². The first-order valence-corrected chi connectivity index (χ1v) is 13.7. The molecule has 6 rings (SSSR count). The molecule has 204 valence electrons. The molecule has 2 aliphatic rings. The van der Waals surface area contributed by atoms with Gasteiger partial charge in [0.1, 0.15) is 15.5 Å². The Hall–Kier alpha value is -4.70. The lowest BCUT2D eigenvalue weighted by atomic mass is 10.1. The van der Waals surface area contributed by atoms with E-state index in [9.17, 15) is 14.4 Å². The zero-order chi connectivity index (χ0) is 28.1. The second-order valence-corrected chi connectivity index (χ2v) is 10.2. The first kappa shape index (κ1) is 26.9. The maximum Gasteiger partial charge on any atom is 0.331 e. The number of aromatic nitrogens is 1. The summed E-state index contributed by atoms with van der Waals surface area (Å²) in [5, 5.41) is 6.67. The van der Waals surface area contributed by atoms with Crippen LogP contribution >= 0.6 is 11.3 Å². The number of benzene rings is 2. The third-order valence-corrected chi connectivity index (χ3v) is 7.78. The minimum absolute atomic E-state index is 0.136. The van der Waals surface area contributed by atoms with Gasteiger partial charge in [-0.15, -0.1) is 11.3 Å². The molecule has 2 aromatic carbocycles. The number of pyridine rings is 1. The average molecular weight is 556 g/mol. The van der Waals surface area contributed by atoms with E-state index < -0.39 is 0 Å². The Bertz CT molecular complexity index is 1540. The van der Waals surface area contributed by atoms with Crippen LogP contribution in [-0.4, -0.2) is 54.0 Å². The lowest BCUT2D eigenvalue weighted by Crippen LogP contribution is -2.49. The smallest absolute Gasteiger partial charge is 0.331 e. The maximum absolute atomic E-state index is 13.2. The molecule has 1 fully saturated rings. The third-order valence-electron chi connectivity index (χ3n) is 6.69. The summed E-state index contributed by atoms with van der Waals surface area (Å²) in [6.07, 6.45) is 4.53. The number of piperidine rings is 1. The first-order valence-electron chi connectivity index (χ1n) is 12.9. The van der Waals surface area contributed by atoms with Crippen LogP contribution in [0.15, 0.2) is 85.6 Å². The van der Waals surface area contributed by atoms with E-state index in [-0.39, 0.29) is 23.9 Å². The number of para-hydroxylation sites is 2. The largest absolute Gasteiger partial charge is 0.497 e. The van der Waals surface area contributed by atoms with Gasteiger partial charge in [-0.2, -0.15) is 0 Å². The number of hydrogen-bond donors (Lipinski definition) is 2. The standard InChI is InChI=1S/C23H21N5O3S.C7H8O/c1-2-17(29)27-12-6-7-14(13-27)25-21(30)20-19-18-16(10-11-24-22(18)32-20)28(23(31)26-19)15-8-4-3-5-9-15;1-8-7-5-3-2-4-6-7/h2-5,8-11,14H,1,6-7,12-13H2,(H,25,30)(H,26,31);2-6H,1H3/t14-;/m1./s1. The van der Waals surface area contributed by atoms with Crippen molar-refractivity contribution in [2.45, 2.75) is 18.9 Å². The average Bonchev–Trinajstić information content (AvgIpc) is 3.37. The Balaban J connectivity index is 0.000000348. The molecule has 10 heteroatoms. The van der Waals surface area contributed by atoms with Crippen LogP contribution in [-0.2, 0) is 4.79 Å². The van der Waals surface area contributed by atoms with Crippen molar-refractivity contribution in [3.05, 3.63) is 90.5 Å². The van der Waals surface area contributed by atoms with Crippen LogP contribution in [0.5, 0.6) is 5.75 Å². The molecule has 1 atom stereocenters. The molecule has 9 nitrogen and oxygen atoms in total. The highest BCUT2D eigenvalue weighted by molar-refractivity contribution is 7.21. The van der Waals surface area contributed by atoms with Gasteiger partial charge in [0, 0.05) is 25.3 Å². The van der Waals surface area contributed by atoms with E-state index in [2.05, 4.69) is 22.2 Å². The summed E-state index contributed by atoms with van der Waals surface area (Å²) in [6, 6.07) is 20.3. The number of carbonyl (C=O) groups excluding carboxylic acids is 3. The topological polar surface area (TPSA) is 104 Å². The van der Waals surface area contributed by atoms with Crippen LogP contribution in [0.4, 0.5) is 21.9 Å². The van der Waals surface area contributed by atoms with Crippen molar-refractivity contribution >= 4 is 56.5 Å². The second-order valence-electron chi connectivity index (χ2n) is 9.24. The highest BCUT2D eigenvalue weighted by Gasteiger charge is 2.33. The highest BCUT2D eigenvalue weighted by Crippen LogP contribution is 2.45. The lowest BCUT2D eigenvalue weighted by molar-refractivity contribution is -0.127. The molecule has 2 aromatic heterocycles. The quantitative estimate of drug-likeness (QED) is 0.313. The Morgan fingerprint density at radius 2 is 1.85 bits per heavy atom. The van der Waals surface area contributed by atoms with Gasteiger partial charge >= 0.3 is 6.03 Å². The van der Waals surface area contributed by atoms with Crippen LogP contribution in [0.3, 0.4) is 0 Å². The van der Waals surface area contributed by atoms with Gasteiger partial charge in [0.05, 0.1) is 29.6 Å². The fraction of sp³-hybridized carbons (Fsp3) is 0.200. The molecular formula is C30H29N5O4S. The fourth-order valence-corrected chi connectivity index (χ4v) is 5.83. The number of nitrogens with one attached hydrogen (secondary N) is 2. The van der Waals surface area contributed by atoms with E-state index in [1.165, 1.54) is 17.4 Å². The van der Waals surface area contributed by atoms with E-state index in [1.807, 2.05) is 60.7 Å². The van der Waals surface area contributed by atoms with Crippen LogP contribution in [0.25, 0.3) is 10.2 Å². The summed E-state index contributed by atoms with van der Waals surface area (Å²) in [6.45, 7) is 4.63. The van der Waals surface area contributed by atoms with E-state index in [0.717, 1.165) is 29.7 Å². The molecule has 40 heavy (non-hydrogen) atoms. The molecule has 2 aliphatic heterocycles. The van der Waals surface area contributed by atoms with Gasteiger partial charge in [0.15, 0.2) is 0 Å². The minimum atomic E-state index is -0.330. The number of ether oxygens (including phenoxy) is 1. The number of hydrogen-bond acceptors (Lipinski definition) is 6. The lowest BCUT2D eigenvalue weighted by Gasteiger charge is -2.32. The van der Waals surface area contributed by atoms with Gasteiger partial charge in [-0.25, -0.2) is 9.78 Å². The highest BCUT2D eigenvalue weighted by atomic mass is 32.1. The molecule has 0 spiro atoms. The predicted molar refractivity (Wildman–Crippen MR) is 157 cm³/mol. The second kappa shape index (κ2) is 12.0. The van der Waals surface area contributed by atoms with Gasteiger partial charge in [-0.05, 0) is 49.2 Å². The zero-order valence-corrected chi connectivity index (χ0v) is 22.8. The van der Waals surface area contributed by atoms with Gasteiger partial charge in [0.25, 0.3) is 5.91 Å². The maximum atomic E-state index is 13.2. The van der Waals surface area contributed by atoms with Crippen LogP contribution in [0.2, 0.25) is 0 Å². The molecule has 0 saturated carbocycles. The Labute approximate surface area is 236 Å². The third kappa shape index (κ3) is 5.52. The molecule has 0 bridgehead atoms. The van der Waals surface area contributed by atoms with Gasteiger partial charge in [-0.1, -0.05) is 43.0 Å². The molecule has 2 N–H and O–H groups in total. The summed E-state index contributed by atoms with van der Waals surface area (Å²) in [5.41, 5.74) is 1.91. The van der Waals surface area contributed by atoms with Gasteiger partial charge in [0.2, 0.25) is 5.91 Å². The van der Waals surface area contributed by atoms with Crippen molar-refractivity contribution < 1.29 is 19.1 Å². The minimum Gasteiger partial charge on any atom is -0.497 e. The number of likely N-dealkylation sites (tertiary alicyclic amines) is 1. The number of rotatable bonds is 5. The van der Waals surface area contributed by atoms with Gasteiger partial charge < -0.3 is 20.3 Å². The molecule has 4 aromatic rings. The first-order chi connectivity index (χ1) is 19.5. The van der Waals surface area contributed by atoms with Crippen molar-refractivity contribution in [3.8, 4) is 5.75 Å². The summed E-state index contributed by atoms with van der Waals surface area (Å²) < 4.78 is 4.91. The molecule has 0 aliphatic carbocycles. The molecule has 0 radical (unpaired) electrons. The molecular weight excluding hydrogens is 526 g/mol. The number of amides is 4. The van der Waals surface area contributed by atoms with E-state index in [1.54, 1.807) is 29.2 Å². The van der Waals surface area contributed by atoms with E-state index in [0.29, 0.717) is 34.2 Å². The Kier molecular flexibility index (Phi) is 8.07. The fourth-order valence-electron chi connectivity index (χ4n) is 4.81. The summed E-state index contributed by atoms with van der Waals surface area (Å²) in [4.78, 5) is 47.0. The number of anilines is 3. The molecule has 0 unspecified atom stereocenters. The molecule has 4 heterocycles. The zero-order valence-electron chi connectivity index (χ0n) is 22.0. The SMILES string of the molecule is C=CC(=O)N1CCC[C@@H](NC(=O)c2sc3nccc4c3c2NC(=O)N4c2ccccc2)C1.COc1ccccc1. The molecule has 1 saturated heterocycles. The predicted octanol–water partition coefficient (Wildman–Crippen LogP) is 5.58. The number of urea groups is 1. The van der Waals surface area contributed by atoms with Crippen LogP contribution in [0, 0.1) is 0 Å². The number of methoxy groups -OCH3 is 1. The normalized spacial score (nSPS) is 15.9. The monoisotopic (exact) mass is 555 g/mol. The summed E-state index contributed by atoms with van der Waals surface area (Å²) in [5.74, 6) is 0.496. The number of thiophene rings is 1. The van der Waals surface area contributed by atoms with Crippen LogP contribution in [0.1, 0.15) is 22.5 Å². The van der Waals surface area contributed by atoms with Crippen molar-refractivity contribution in [2.24, 2.45) is 0 Å². The number of nitrogens with zero attached hydrogens (tertiary/aromatic N) is 3. The van der Waals surface area contributed by atoms with Crippen molar-refractivity contribution in [3.63, 3.8) is 0 Å². The number of carbonyl (C=O) groups is 3. The summed E-state index contributed by atoms with van der Waals surface area (Å²) >= 11 is 1.25.